The number of piperidine rings is 1. The third kappa shape index (κ3) is 6.72. The second-order valence-corrected chi connectivity index (χ2v) is 8.18. The first kappa shape index (κ1) is 23.7. The Balaban J connectivity index is 0.00000300. The van der Waals surface area contributed by atoms with Crippen LogP contribution in [0.15, 0.2) is 23.3 Å². The van der Waals surface area contributed by atoms with E-state index < -0.39 is 0 Å². The molecule has 29 heavy (non-hydrogen) atoms. The average Bonchev–Trinajstić information content (AvgIpc) is 2.73. The van der Waals surface area contributed by atoms with Gasteiger partial charge in [0.15, 0.2) is 5.96 Å². The summed E-state index contributed by atoms with van der Waals surface area (Å²) in [5, 5.41) is 7.02. The lowest BCUT2D eigenvalue weighted by molar-refractivity contribution is -0.122. The van der Waals surface area contributed by atoms with E-state index in [0.29, 0.717) is 12.6 Å². The summed E-state index contributed by atoms with van der Waals surface area (Å²) >= 11 is 0. The minimum absolute atomic E-state index is 0. The van der Waals surface area contributed by atoms with Crippen LogP contribution in [0.25, 0.3) is 0 Å². The number of aromatic nitrogens is 1. The highest BCUT2D eigenvalue weighted by Crippen LogP contribution is 2.25. The summed E-state index contributed by atoms with van der Waals surface area (Å²) in [4.78, 5) is 22.7. The molecule has 2 heterocycles. The van der Waals surface area contributed by atoms with Crippen LogP contribution in [0.1, 0.15) is 51.0 Å². The van der Waals surface area contributed by atoms with Crippen LogP contribution in [-0.4, -0.2) is 43.0 Å². The number of nitrogens with two attached hydrogens (primary N) is 1. The van der Waals surface area contributed by atoms with E-state index in [1.807, 2.05) is 19.3 Å². The standard InChI is InChI=1S/C21H34N6O.HI/c1-15-5-7-18(8-6-15)26-21(23-2)25-14-17-4-3-11-24-20(17)27-12-9-16(10-13-27)19(22)28;/h3-4,11,15-16,18H,5-10,12-14H2,1-2H3,(H2,22,28)(H2,23,25,26);1H. The van der Waals surface area contributed by atoms with Crippen molar-refractivity contribution in [1.82, 2.24) is 15.6 Å². The second-order valence-electron chi connectivity index (χ2n) is 8.18. The van der Waals surface area contributed by atoms with E-state index in [1.54, 1.807) is 0 Å². The number of aliphatic imine (C=N–C) groups is 1. The molecule has 1 aliphatic heterocycles. The fraction of sp³-hybridized carbons (Fsp3) is 0.667. The van der Waals surface area contributed by atoms with E-state index in [1.165, 1.54) is 25.7 Å². The molecule has 8 heteroatoms. The Kier molecular flexibility index (Phi) is 9.45. The zero-order valence-corrected chi connectivity index (χ0v) is 19.9. The molecule has 1 aromatic rings. The molecular formula is C21H35IN6O. The van der Waals surface area contributed by atoms with Gasteiger partial charge in [0.2, 0.25) is 5.91 Å². The molecule has 1 aliphatic carbocycles. The van der Waals surface area contributed by atoms with E-state index in [2.05, 4.69) is 38.5 Å². The van der Waals surface area contributed by atoms with Crippen LogP contribution in [0.3, 0.4) is 0 Å². The SMILES string of the molecule is CN=C(NCc1cccnc1N1CCC(C(N)=O)CC1)NC1CCC(C)CC1.I. The molecule has 2 fully saturated rings. The fourth-order valence-electron chi connectivity index (χ4n) is 4.20. The van der Waals surface area contributed by atoms with Crippen molar-refractivity contribution >= 4 is 41.7 Å². The average molecular weight is 514 g/mol. The van der Waals surface area contributed by atoms with Gasteiger partial charge in [0, 0.05) is 50.4 Å². The highest BCUT2D eigenvalue weighted by Gasteiger charge is 2.25. The summed E-state index contributed by atoms with van der Waals surface area (Å²) in [5.74, 6) is 2.48. The van der Waals surface area contributed by atoms with Crippen molar-refractivity contribution in [3.05, 3.63) is 23.9 Å². The van der Waals surface area contributed by atoms with Gasteiger partial charge in [-0.1, -0.05) is 13.0 Å². The number of guanidine groups is 1. The highest BCUT2D eigenvalue weighted by atomic mass is 127. The molecule has 3 rings (SSSR count). The first-order chi connectivity index (χ1) is 13.6. The van der Waals surface area contributed by atoms with Crippen molar-refractivity contribution in [3.63, 3.8) is 0 Å². The monoisotopic (exact) mass is 514 g/mol. The Morgan fingerprint density at radius 1 is 1.24 bits per heavy atom. The zero-order chi connectivity index (χ0) is 19.9. The smallest absolute Gasteiger partial charge is 0.220 e. The molecule has 7 nitrogen and oxygen atoms in total. The maximum absolute atomic E-state index is 11.4. The molecule has 162 valence electrons. The molecule has 1 amide bonds. The quantitative estimate of drug-likeness (QED) is 0.319. The van der Waals surface area contributed by atoms with Gasteiger partial charge in [-0.05, 0) is 50.5 Å². The lowest BCUT2D eigenvalue weighted by Crippen LogP contribution is -2.44. The lowest BCUT2D eigenvalue weighted by Gasteiger charge is -2.33. The number of carbonyl (C=O) groups excluding carboxylic acids is 1. The molecule has 0 unspecified atom stereocenters. The third-order valence-corrected chi connectivity index (χ3v) is 6.09. The molecule has 0 radical (unpaired) electrons. The first-order valence-electron chi connectivity index (χ1n) is 10.5. The highest BCUT2D eigenvalue weighted by molar-refractivity contribution is 14.0. The number of primary amides is 1. The molecule has 1 aromatic heterocycles. The van der Waals surface area contributed by atoms with E-state index in [0.717, 1.165) is 49.2 Å². The van der Waals surface area contributed by atoms with E-state index in [9.17, 15) is 4.79 Å². The number of pyridine rings is 1. The molecule has 0 aromatic carbocycles. The van der Waals surface area contributed by atoms with Gasteiger partial charge in [-0.15, -0.1) is 24.0 Å². The van der Waals surface area contributed by atoms with Crippen LogP contribution < -0.4 is 21.3 Å². The van der Waals surface area contributed by atoms with Crippen LogP contribution in [-0.2, 0) is 11.3 Å². The second kappa shape index (κ2) is 11.6. The molecular weight excluding hydrogens is 479 g/mol. The van der Waals surface area contributed by atoms with Gasteiger partial charge in [0.25, 0.3) is 0 Å². The summed E-state index contributed by atoms with van der Waals surface area (Å²) in [6.07, 6.45) is 8.38. The van der Waals surface area contributed by atoms with Crippen LogP contribution in [0.2, 0.25) is 0 Å². The molecule has 2 aliphatic rings. The van der Waals surface area contributed by atoms with Gasteiger partial charge in [0.05, 0.1) is 0 Å². The number of hydrogen-bond donors (Lipinski definition) is 3. The first-order valence-corrected chi connectivity index (χ1v) is 10.5. The zero-order valence-electron chi connectivity index (χ0n) is 17.6. The van der Waals surface area contributed by atoms with Gasteiger partial charge in [-0.25, -0.2) is 4.98 Å². The number of rotatable bonds is 5. The largest absolute Gasteiger partial charge is 0.369 e. The van der Waals surface area contributed by atoms with Crippen molar-refractivity contribution in [2.75, 3.05) is 25.0 Å². The van der Waals surface area contributed by atoms with Crippen LogP contribution in [0.5, 0.6) is 0 Å². The minimum atomic E-state index is -0.186. The maximum Gasteiger partial charge on any atom is 0.220 e. The number of nitrogens with zero attached hydrogens (tertiary/aromatic N) is 3. The number of anilines is 1. The summed E-state index contributed by atoms with van der Waals surface area (Å²) in [6.45, 7) is 4.62. The van der Waals surface area contributed by atoms with Crippen LogP contribution in [0.4, 0.5) is 5.82 Å². The number of amides is 1. The fourth-order valence-corrected chi connectivity index (χ4v) is 4.20. The summed E-state index contributed by atoms with van der Waals surface area (Å²) < 4.78 is 0. The molecule has 1 saturated carbocycles. The van der Waals surface area contributed by atoms with Crippen molar-refractivity contribution in [2.45, 2.75) is 58.0 Å². The predicted octanol–water partition coefficient (Wildman–Crippen LogP) is 2.65. The topological polar surface area (TPSA) is 95.6 Å². The number of nitrogens with one attached hydrogen (secondary N) is 2. The van der Waals surface area contributed by atoms with Crippen LogP contribution in [0, 0.1) is 11.8 Å². The number of carbonyl (C=O) groups is 1. The number of hydrogen-bond acceptors (Lipinski definition) is 4. The Morgan fingerprint density at radius 2 is 1.93 bits per heavy atom. The van der Waals surface area contributed by atoms with E-state index in [-0.39, 0.29) is 35.8 Å². The van der Waals surface area contributed by atoms with E-state index in [4.69, 9.17) is 5.73 Å². The van der Waals surface area contributed by atoms with Gasteiger partial charge in [-0.2, -0.15) is 0 Å². The molecule has 0 bridgehead atoms. The lowest BCUT2D eigenvalue weighted by atomic mass is 9.87. The van der Waals surface area contributed by atoms with Gasteiger partial charge >= 0.3 is 0 Å². The normalized spacial score (nSPS) is 23.2. The van der Waals surface area contributed by atoms with Crippen molar-refractivity contribution in [2.24, 2.45) is 22.6 Å². The van der Waals surface area contributed by atoms with Crippen molar-refractivity contribution < 1.29 is 4.79 Å². The minimum Gasteiger partial charge on any atom is -0.369 e. The Hall–Kier alpha value is -1.58. The summed E-state index contributed by atoms with van der Waals surface area (Å²) in [6, 6.07) is 4.57. The maximum atomic E-state index is 11.4. The Morgan fingerprint density at radius 3 is 2.55 bits per heavy atom. The van der Waals surface area contributed by atoms with Crippen molar-refractivity contribution in [1.29, 1.82) is 0 Å². The van der Waals surface area contributed by atoms with Gasteiger partial charge in [0.1, 0.15) is 5.82 Å². The molecule has 1 saturated heterocycles. The molecule has 4 N–H and O–H groups in total. The summed E-state index contributed by atoms with van der Waals surface area (Å²) in [5.41, 5.74) is 6.60. The van der Waals surface area contributed by atoms with E-state index >= 15 is 0 Å². The predicted molar refractivity (Wildman–Crippen MR) is 129 cm³/mol. The Bertz CT molecular complexity index is 682. The molecule has 0 spiro atoms. The third-order valence-electron chi connectivity index (χ3n) is 6.09. The Labute approximate surface area is 191 Å². The molecule has 0 atom stereocenters. The summed E-state index contributed by atoms with van der Waals surface area (Å²) in [7, 11) is 1.82. The van der Waals surface area contributed by atoms with Gasteiger partial charge < -0.3 is 21.3 Å². The number of halogens is 1. The van der Waals surface area contributed by atoms with Crippen LogP contribution >= 0.6 is 24.0 Å². The van der Waals surface area contributed by atoms with Crippen molar-refractivity contribution in [3.8, 4) is 0 Å². The van der Waals surface area contributed by atoms with Gasteiger partial charge in [-0.3, -0.25) is 9.79 Å².